The quantitative estimate of drug-likeness (QED) is 0.153. The Morgan fingerprint density at radius 2 is 1.45 bits per heavy atom. The molecule has 0 atom stereocenters. The molecule has 3 fully saturated rings. The molecule has 0 radical (unpaired) electrons. The van der Waals surface area contributed by atoms with Crippen molar-refractivity contribution in [3.8, 4) is 11.1 Å². The molecule has 0 unspecified atom stereocenters. The molecule has 11 nitrogen and oxygen atoms in total. The molecule has 3 aromatic rings. The standard InChI is InChI=1S/C34H39FN4O7S/c1-32(2,3)38(31(41)42)22-34-17-14-33(15-18-34,16-19-34)21-36-28-13-12-27(20-29(28)39(43)44)47(45,46)37-30(40)25-6-4-23(5-7-25)24-8-10-26(35)11-9-24/h4-13,20,36H,14-19,21-22H2,1-3H3,(H,37,40)(H,41,42). The fraction of sp³-hybridized carbons (Fsp3) is 0.412. The summed E-state index contributed by atoms with van der Waals surface area (Å²) >= 11 is 0. The molecule has 250 valence electrons. The number of nitro benzene ring substituents is 1. The van der Waals surface area contributed by atoms with Crippen molar-refractivity contribution in [1.82, 2.24) is 9.62 Å². The van der Waals surface area contributed by atoms with Crippen molar-refractivity contribution in [2.75, 3.05) is 18.4 Å². The van der Waals surface area contributed by atoms with Crippen LogP contribution in [0.15, 0.2) is 71.6 Å². The number of rotatable bonds is 10. The Kier molecular flexibility index (Phi) is 9.06. The zero-order chi connectivity index (χ0) is 34.2. The molecular formula is C34H39FN4O7S. The fourth-order valence-corrected chi connectivity index (χ4v) is 7.72. The Morgan fingerprint density at radius 1 is 0.915 bits per heavy atom. The highest BCUT2D eigenvalue weighted by Crippen LogP contribution is 2.57. The maximum atomic E-state index is 13.2. The maximum absolute atomic E-state index is 13.2. The van der Waals surface area contributed by atoms with Gasteiger partial charge in [0.15, 0.2) is 0 Å². The van der Waals surface area contributed by atoms with Crippen LogP contribution in [-0.2, 0) is 10.0 Å². The number of carboxylic acid groups (broad SMARTS) is 1. The number of hydrogen-bond acceptors (Lipinski definition) is 7. The van der Waals surface area contributed by atoms with Gasteiger partial charge in [-0.05, 0) is 118 Å². The van der Waals surface area contributed by atoms with Gasteiger partial charge < -0.3 is 15.3 Å². The normalized spacial score (nSPS) is 20.8. The molecule has 3 aromatic carbocycles. The van der Waals surface area contributed by atoms with Crippen LogP contribution < -0.4 is 10.0 Å². The summed E-state index contributed by atoms with van der Waals surface area (Å²) in [5.41, 5.74) is 0.545. The van der Waals surface area contributed by atoms with E-state index in [1.165, 1.54) is 41.3 Å². The van der Waals surface area contributed by atoms with Crippen LogP contribution in [0.2, 0.25) is 0 Å². The number of halogens is 1. The van der Waals surface area contributed by atoms with Crippen molar-refractivity contribution in [3.05, 3.63) is 88.2 Å². The van der Waals surface area contributed by atoms with Gasteiger partial charge in [0.2, 0.25) is 0 Å². The number of fused-ring (bicyclic) bond motifs is 3. The van der Waals surface area contributed by atoms with Gasteiger partial charge in [0.05, 0.1) is 9.82 Å². The van der Waals surface area contributed by atoms with Crippen molar-refractivity contribution < 1.29 is 32.4 Å². The van der Waals surface area contributed by atoms with Crippen LogP contribution in [0.25, 0.3) is 11.1 Å². The molecule has 0 aromatic heterocycles. The highest BCUT2D eigenvalue weighted by molar-refractivity contribution is 7.90. The Hall–Kier alpha value is -4.52. The van der Waals surface area contributed by atoms with E-state index in [-0.39, 0.29) is 27.9 Å². The summed E-state index contributed by atoms with van der Waals surface area (Å²) < 4.78 is 41.4. The van der Waals surface area contributed by atoms with E-state index in [2.05, 4.69) is 5.32 Å². The van der Waals surface area contributed by atoms with E-state index >= 15 is 0 Å². The van der Waals surface area contributed by atoms with Gasteiger partial charge in [-0.1, -0.05) is 24.3 Å². The maximum Gasteiger partial charge on any atom is 0.407 e. The number of amides is 2. The first kappa shape index (κ1) is 33.8. The third-order valence-electron chi connectivity index (χ3n) is 9.77. The summed E-state index contributed by atoms with van der Waals surface area (Å²) in [7, 11) is -4.45. The summed E-state index contributed by atoms with van der Waals surface area (Å²) in [6.07, 6.45) is 4.23. The zero-order valence-electron chi connectivity index (χ0n) is 26.6. The lowest BCUT2D eigenvalue weighted by atomic mass is 9.53. The van der Waals surface area contributed by atoms with Gasteiger partial charge in [-0.2, -0.15) is 0 Å². The second-order valence-electron chi connectivity index (χ2n) is 13.8. The van der Waals surface area contributed by atoms with E-state index in [4.69, 9.17) is 0 Å². The topological polar surface area (TPSA) is 159 Å². The third kappa shape index (κ3) is 7.40. The lowest BCUT2D eigenvalue weighted by Crippen LogP contribution is -2.54. The molecule has 3 N–H and O–H groups in total. The number of hydrogen-bond donors (Lipinski definition) is 3. The Balaban J connectivity index is 1.24. The first-order chi connectivity index (χ1) is 22.0. The molecule has 0 heterocycles. The predicted molar refractivity (Wildman–Crippen MR) is 175 cm³/mol. The minimum atomic E-state index is -4.45. The summed E-state index contributed by atoms with van der Waals surface area (Å²) in [5, 5.41) is 25.0. The van der Waals surface area contributed by atoms with Crippen molar-refractivity contribution in [2.24, 2.45) is 10.8 Å². The van der Waals surface area contributed by atoms with Gasteiger partial charge in [0.1, 0.15) is 11.5 Å². The molecule has 0 aliphatic heterocycles. The van der Waals surface area contributed by atoms with Crippen molar-refractivity contribution >= 4 is 33.4 Å². The van der Waals surface area contributed by atoms with Gasteiger partial charge in [0.25, 0.3) is 21.6 Å². The highest BCUT2D eigenvalue weighted by Gasteiger charge is 2.50. The van der Waals surface area contributed by atoms with Crippen molar-refractivity contribution in [3.63, 3.8) is 0 Å². The second-order valence-corrected chi connectivity index (χ2v) is 15.5. The minimum absolute atomic E-state index is 0.0598. The lowest BCUT2D eigenvalue weighted by molar-refractivity contribution is -0.384. The number of nitrogens with one attached hydrogen (secondary N) is 2. The molecule has 6 rings (SSSR count). The van der Waals surface area contributed by atoms with Crippen LogP contribution in [-0.4, -0.2) is 54.0 Å². The molecule has 0 saturated heterocycles. The molecule has 13 heteroatoms. The Morgan fingerprint density at radius 3 is 1.96 bits per heavy atom. The van der Waals surface area contributed by atoms with Crippen LogP contribution in [0.3, 0.4) is 0 Å². The number of carbonyl (C=O) groups is 2. The third-order valence-corrected chi connectivity index (χ3v) is 11.1. The summed E-state index contributed by atoms with van der Waals surface area (Å²) in [6.45, 7) is 6.62. The smallest absolute Gasteiger partial charge is 0.407 e. The van der Waals surface area contributed by atoms with Gasteiger partial charge in [0, 0.05) is 30.3 Å². The van der Waals surface area contributed by atoms with Gasteiger partial charge in [-0.25, -0.2) is 22.3 Å². The average Bonchev–Trinajstić information content (AvgIpc) is 3.03. The second kappa shape index (κ2) is 12.6. The van der Waals surface area contributed by atoms with Crippen molar-refractivity contribution in [2.45, 2.75) is 69.7 Å². The van der Waals surface area contributed by atoms with Crippen LogP contribution >= 0.6 is 0 Å². The summed E-state index contributed by atoms with van der Waals surface area (Å²) in [6, 6.07) is 15.4. The molecular weight excluding hydrogens is 627 g/mol. The molecule has 3 aliphatic carbocycles. The first-order valence-electron chi connectivity index (χ1n) is 15.5. The highest BCUT2D eigenvalue weighted by atomic mass is 32.2. The van der Waals surface area contributed by atoms with E-state index in [1.54, 1.807) is 24.3 Å². The number of benzene rings is 3. The van der Waals surface area contributed by atoms with Crippen LogP contribution in [0.1, 0.15) is 69.7 Å². The molecule has 2 bridgehead atoms. The zero-order valence-corrected chi connectivity index (χ0v) is 27.4. The van der Waals surface area contributed by atoms with Gasteiger partial charge >= 0.3 is 6.09 Å². The number of anilines is 1. The Labute approximate surface area is 273 Å². The summed E-state index contributed by atoms with van der Waals surface area (Å²) in [4.78, 5) is 37.2. The Bertz CT molecular complexity index is 1760. The fourth-order valence-electron chi connectivity index (χ4n) is 6.73. The molecule has 3 aliphatic rings. The van der Waals surface area contributed by atoms with Crippen LogP contribution in [0.4, 0.5) is 20.6 Å². The number of nitrogens with zero attached hydrogens (tertiary/aromatic N) is 2. The summed E-state index contributed by atoms with van der Waals surface area (Å²) in [5.74, 6) is -1.29. The molecule has 0 spiro atoms. The van der Waals surface area contributed by atoms with E-state index in [0.717, 1.165) is 50.2 Å². The molecule has 2 amide bonds. The monoisotopic (exact) mass is 666 g/mol. The minimum Gasteiger partial charge on any atom is -0.465 e. The first-order valence-corrected chi connectivity index (χ1v) is 17.0. The van der Waals surface area contributed by atoms with E-state index < -0.39 is 43.1 Å². The van der Waals surface area contributed by atoms with Crippen LogP contribution in [0, 0.1) is 26.8 Å². The van der Waals surface area contributed by atoms with Gasteiger partial charge in [-0.3, -0.25) is 14.9 Å². The molecule has 47 heavy (non-hydrogen) atoms. The predicted octanol–water partition coefficient (Wildman–Crippen LogP) is 7.05. The SMILES string of the molecule is CC(C)(C)N(CC12CCC(CNc3ccc(S(=O)(=O)NC(=O)c4ccc(-c5ccc(F)cc5)cc4)cc3[N+](=O)[O-])(CC1)CC2)C(=O)O. The number of carbonyl (C=O) groups excluding carboxylic acids is 1. The number of nitro groups is 1. The number of sulfonamides is 1. The lowest BCUT2D eigenvalue weighted by Gasteiger charge is -2.55. The van der Waals surface area contributed by atoms with E-state index in [9.17, 15) is 37.6 Å². The van der Waals surface area contributed by atoms with E-state index in [0.29, 0.717) is 18.7 Å². The average molecular weight is 667 g/mol. The van der Waals surface area contributed by atoms with Crippen molar-refractivity contribution in [1.29, 1.82) is 0 Å². The molecule has 3 saturated carbocycles. The largest absolute Gasteiger partial charge is 0.465 e. The van der Waals surface area contributed by atoms with Gasteiger partial charge in [-0.15, -0.1) is 0 Å². The van der Waals surface area contributed by atoms with E-state index in [1.807, 2.05) is 25.5 Å². The van der Waals surface area contributed by atoms with Crippen LogP contribution in [0.5, 0.6) is 0 Å².